The van der Waals surface area contributed by atoms with E-state index in [-0.39, 0.29) is 30.9 Å². The first-order chi connectivity index (χ1) is 21.4. The molecule has 0 radical (unpaired) electrons. The van der Waals surface area contributed by atoms with Crippen LogP contribution in [0.5, 0.6) is 6.01 Å². The van der Waals surface area contributed by atoms with Gasteiger partial charge >= 0.3 is 18.3 Å². The highest BCUT2D eigenvalue weighted by molar-refractivity contribution is 6.30. The summed E-state index contributed by atoms with van der Waals surface area (Å²) in [5.41, 5.74) is 0.188. The lowest BCUT2D eigenvalue weighted by atomic mass is 9.93. The Morgan fingerprint density at radius 3 is 2.07 bits per heavy atom. The van der Waals surface area contributed by atoms with Crippen LogP contribution in [0.1, 0.15) is 63.4 Å². The molecule has 4 rings (SSSR count). The third-order valence-corrected chi connectivity index (χ3v) is 6.97. The van der Waals surface area contributed by atoms with Crippen LogP contribution in [-0.2, 0) is 10.3 Å². The zero-order chi connectivity index (χ0) is 33.8. The van der Waals surface area contributed by atoms with Gasteiger partial charge in [0, 0.05) is 29.4 Å². The van der Waals surface area contributed by atoms with E-state index >= 15 is 0 Å². The van der Waals surface area contributed by atoms with E-state index in [0.29, 0.717) is 16.3 Å². The van der Waals surface area contributed by atoms with Gasteiger partial charge in [-0.2, -0.15) is 28.1 Å². The van der Waals surface area contributed by atoms with Crippen molar-refractivity contribution in [2.45, 2.75) is 64.8 Å². The minimum Gasteiger partial charge on any atom is -0.454 e. The Kier molecular flexibility index (Phi) is 10.2. The predicted octanol–water partition coefficient (Wildman–Crippen LogP) is 6.59. The van der Waals surface area contributed by atoms with Gasteiger partial charge in [0.2, 0.25) is 11.9 Å². The lowest BCUT2D eigenvalue weighted by molar-refractivity contribution is -0.154. The zero-order valence-corrected chi connectivity index (χ0v) is 26.9. The number of nitrogens with one attached hydrogen (secondary N) is 4. The van der Waals surface area contributed by atoms with Gasteiger partial charge in [0.1, 0.15) is 5.60 Å². The van der Waals surface area contributed by atoms with Crippen LogP contribution in [0.3, 0.4) is 0 Å². The van der Waals surface area contributed by atoms with Gasteiger partial charge < -0.3 is 30.7 Å². The van der Waals surface area contributed by atoms with E-state index in [1.54, 1.807) is 57.2 Å². The van der Waals surface area contributed by atoms with E-state index < -0.39 is 41.4 Å². The van der Waals surface area contributed by atoms with Crippen LogP contribution in [0.4, 0.5) is 35.5 Å². The van der Waals surface area contributed by atoms with Crippen molar-refractivity contribution in [2.24, 2.45) is 5.41 Å². The van der Waals surface area contributed by atoms with E-state index in [0.717, 1.165) is 18.4 Å². The summed E-state index contributed by atoms with van der Waals surface area (Å²) in [6.07, 6.45) is -3.62. The van der Waals surface area contributed by atoms with Crippen molar-refractivity contribution < 1.29 is 32.2 Å². The van der Waals surface area contributed by atoms with E-state index in [9.17, 15) is 22.8 Å². The first kappa shape index (κ1) is 34.5. The van der Waals surface area contributed by atoms with Crippen LogP contribution in [0.15, 0.2) is 48.5 Å². The van der Waals surface area contributed by atoms with Crippen LogP contribution >= 0.6 is 11.6 Å². The molecule has 0 spiro atoms. The van der Waals surface area contributed by atoms with Gasteiger partial charge in [-0.3, -0.25) is 4.79 Å². The minimum atomic E-state index is -4.59. The van der Waals surface area contributed by atoms with Gasteiger partial charge in [-0.1, -0.05) is 37.6 Å². The maximum Gasteiger partial charge on any atom is 0.422 e. The highest BCUT2D eigenvalue weighted by Gasteiger charge is 2.45. The fourth-order valence-corrected chi connectivity index (χ4v) is 4.34. The predicted molar refractivity (Wildman–Crippen MR) is 167 cm³/mol. The molecule has 2 amide bonds. The van der Waals surface area contributed by atoms with E-state index in [1.807, 2.05) is 26.0 Å². The molecule has 1 aliphatic rings. The molecular formula is C31H37ClF3N7O4. The van der Waals surface area contributed by atoms with Crippen LogP contribution in [0.2, 0.25) is 5.02 Å². The monoisotopic (exact) mass is 663 g/mol. The second-order valence-electron chi connectivity index (χ2n) is 12.8. The topological polar surface area (TPSA) is 139 Å². The normalized spacial score (nSPS) is 14.2. The second kappa shape index (κ2) is 13.6. The fourth-order valence-electron chi connectivity index (χ4n) is 4.22. The Labute approximate surface area is 270 Å². The number of carbonyl (C=O) groups is 2. The van der Waals surface area contributed by atoms with Crippen molar-refractivity contribution in [1.82, 2.24) is 25.6 Å². The largest absolute Gasteiger partial charge is 0.454 e. The Balaban J connectivity index is 1.40. The lowest BCUT2D eigenvalue weighted by Crippen LogP contribution is -2.43. The summed E-state index contributed by atoms with van der Waals surface area (Å²) in [5, 5.41) is 12.3. The van der Waals surface area contributed by atoms with Gasteiger partial charge in [-0.15, -0.1) is 0 Å². The van der Waals surface area contributed by atoms with E-state index in [1.165, 1.54) is 0 Å². The molecule has 0 atom stereocenters. The number of hydrogen-bond donors (Lipinski definition) is 4. The number of rotatable bonds is 12. The van der Waals surface area contributed by atoms with Crippen LogP contribution < -0.4 is 26.0 Å². The third-order valence-electron chi connectivity index (χ3n) is 6.72. The molecular weight excluding hydrogens is 627 g/mol. The standard InChI is InChI=1S/C31H37ClF3N7O4/c1-28(2,3)46-27(44)37-17-29(4,5)16-36-23(43)19-6-12-22(13-7-19)38-24-39-25(41-26(40-24)45-18-31(33,34)35)42-30(14-15-30)20-8-10-21(32)11-9-20/h6-13H,14-18H2,1-5H3,(H,36,43)(H,37,44)(H2,38,39,40,41,42). The maximum absolute atomic E-state index is 12.9. The first-order valence-corrected chi connectivity index (χ1v) is 14.9. The summed E-state index contributed by atoms with van der Waals surface area (Å²) in [4.78, 5) is 37.2. The molecule has 1 heterocycles. The smallest absolute Gasteiger partial charge is 0.422 e. The van der Waals surface area contributed by atoms with Crippen molar-refractivity contribution >= 4 is 41.2 Å². The number of alkyl halides is 3. The summed E-state index contributed by atoms with van der Waals surface area (Å²) in [6, 6.07) is 13.1. The summed E-state index contributed by atoms with van der Waals surface area (Å²) < 4.78 is 48.7. The molecule has 2 aromatic carbocycles. The zero-order valence-electron chi connectivity index (χ0n) is 26.1. The SMILES string of the molecule is CC(C)(CNC(=O)OC(C)(C)C)CNC(=O)c1ccc(Nc2nc(NC3(c4ccc(Cl)cc4)CC3)nc(OCC(F)(F)F)n2)cc1. The molecule has 0 saturated heterocycles. The van der Waals surface area contributed by atoms with E-state index in [2.05, 4.69) is 36.2 Å². The van der Waals surface area contributed by atoms with Gasteiger partial charge in [-0.05, 0) is 81.0 Å². The van der Waals surface area contributed by atoms with Crippen molar-refractivity contribution in [3.05, 3.63) is 64.7 Å². The van der Waals surface area contributed by atoms with Crippen LogP contribution in [0, 0.1) is 5.41 Å². The minimum absolute atomic E-state index is 0.0295. The lowest BCUT2D eigenvalue weighted by Gasteiger charge is -2.26. The molecule has 4 N–H and O–H groups in total. The van der Waals surface area contributed by atoms with E-state index in [4.69, 9.17) is 21.1 Å². The Morgan fingerprint density at radius 1 is 0.870 bits per heavy atom. The van der Waals surface area contributed by atoms with Crippen LogP contribution in [0.25, 0.3) is 0 Å². The van der Waals surface area contributed by atoms with Crippen molar-refractivity contribution in [1.29, 1.82) is 0 Å². The second-order valence-corrected chi connectivity index (χ2v) is 13.2. The van der Waals surface area contributed by atoms with Crippen molar-refractivity contribution in [3.63, 3.8) is 0 Å². The van der Waals surface area contributed by atoms with Gasteiger partial charge in [-0.25, -0.2) is 4.79 Å². The Bertz CT molecular complexity index is 1530. The molecule has 248 valence electrons. The average molecular weight is 664 g/mol. The quantitative estimate of drug-likeness (QED) is 0.169. The highest BCUT2D eigenvalue weighted by Crippen LogP contribution is 2.48. The Morgan fingerprint density at radius 2 is 1.48 bits per heavy atom. The van der Waals surface area contributed by atoms with Crippen LogP contribution in [-0.4, -0.2) is 58.4 Å². The number of aromatic nitrogens is 3. The number of benzene rings is 2. The number of alkyl carbamates (subject to hydrolysis) is 1. The average Bonchev–Trinajstić information content (AvgIpc) is 3.73. The number of halogens is 4. The summed E-state index contributed by atoms with van der Waals surface area (Å²) >= 11 is 6.02. The maximum atomic E-state index is 12.9. The summed E-state index contributed by atoms with van der Waals surface area (Å²) in [7, 11) is 0. The molecule has 0 aliphatic heterocycles. The van der Waals surface area contributed by atoms with Gasteiger partial charge in [0.25, 0.3) is 5.91 Å². The number of ether oxygens (including phenoxy) is 2. The number of anilines is 3. The molecule has 11 nitrogen and oxygen atoms in total. The molecule has 46 heavy (non-hydrogen) atoms. The Hall–Kier alpha value is -4.33. The van der Waals surface area contributed by atoms with Crippen molar-refractivity contribution in [2.75, 3.05) is 30.3 Å². The highest BCUT2D eigenvalue weighted by atomic mass is 35.5. The molecule has 1 aromatic heterocycles. The number of carbonyl (C=O) groups excluding carboxylic acids is 2. The molecule has 15 heteroatoms. The fraction of sp³-hybridized carbons (Fsp3) is 0.452. The summed E-state index contributed by atoms with van der Waals surface area (Å²) in [5.74, 6) is -0.358. The molecule has 1 saturated carbocycles. The van der Waals surface area contributed by atoms with Gasteiger partial charge in [0.15, 0.2) is 6.61 Å². The molecule has 3 aromatic rings. The first-order valence-electron chi connectivity index (χ1n) is 14.5. The van der Waals surface area contributed by atoms with Crippen molar-refractivity contribution in [3.8, 4) is 6.01 Å². The third kappa shape index (κ3) is 10.6. The number of hydrogen-bond acceptors (Lipinski definition) is 9. The number of amides is 2. The molecule has 1 fully saturated rings. The van der Waals surface area contributed by atoms with Gasteiger partial charge in [0.05, 0.1) is 5.54 Å². The summed E-state index contributed by atoms with van der Waals surface area (Å²) in [6.45, 7) is 8.09. The molecule has 1 aliphatic carbocycles. The number of nitrogens with zero attached hydrogens (tertiary/aromatic N) is 3. The molecule has 0 bridgehead atoms. The molecule has 0 unspecified atom stereocenters.